The van der Waals surface area contributed by atoms with Gasteiger partial charge in [0.05, 0.1) is 12.0 Å². The van der Waals surface area contributed by atoms with Crippen LogP contribution in [0.5, 0.6) is 0 Å². The standard InChI is InChI=1S/C22H24N4O3S/c1-21(2,3)29-20(28)24-19-25-22(4,13-18(27)26(19)5)15-8-6-9-16(12-15)30-11-7-10-17(30)14-23/h6-12H,13H2,1-5H3/p+1/t22-,30?/m0/s1. The number of nitrogens with zero attached hydrogens (tertiary/aromatic N) is 3. The molecule has 3 rings (SSSR count). The number of nitrogens with one attached hydrogen (secondary N) is 1. The summed E-state index contributed by atoms with van der Waals surface area (Å²) in [4.78, 5) is 32.6. The lowest BCUT2D eigenvalue weighted by atomic mass is 9.88. The molecule has 8 heteroatoms. The second-order valence-electron chi connectivity index (χ2n) is 8.30. The van der Waals surface area contributed by atoms with Crippen molar-refractivity contribution in [3.8, 4) is 11.0 Å². The molecule has 1 unspecified atom stereocenters. The lowest BCUT2D eigenvalue weighted by Crippen LogP contribution is -2.52. The first kappa shape index (κ1) is 21.5. The SMILES string of the molecule is CN1C(=O)C[C@@](C)(c2cccc(-[s+]3cccc3C#N)c2)N=C1NC(=O)OC(C)(C)C. The van der Waals surface area contributed by atoms with Crippen LogP contribution in [0.3, 0.4) is 0 Å². The van der Waals surface area contributed by atoms with Crippen molar-refractivity contribution in [2.45, 2.75) is 45.3 Å². The molecular weight excluding hydrogens is 400 g/mol. The lowest BCUT2D eigenvalue weighted by Gasteiger charge is -2.35. The predicted molar refractivity (Wildman–Crippen MR) is 117 cm³/mol. The first-order valence-electron chi connectivity index (χ1n) is 9.51. The molecule has 0 saturated carbocycles. The van der Waals surface area contributed by atoms with Gasteiger partial charge in [-0.25, -0.2) is 9.79 Å². The number of benzene rings is 1. The predicted octanol–water partition coefficient (Wildman–Crippen LogP) is 4.25. The van der Waals surface area contributed by atoms with Crippen molar-refractivity contribution in [2.24, 2.45) is 4.99 Å². The normalized spacial score (nSPS) is 19.7. The second kappa shape index (κ2) is 7.92. The maximum absolute atomic E-state index is 12.7. The van der Waals surface area contributed by atoms with Gasteiger partial charge in [0.15, 0.2) is 11.0 Å². The molecule has 1 aromatic carbocycles. The summed E-state index contributed by atoms with van der Waals surface area (Å²) in [5.74, 6) is -0.0148. The Morgan fingerprint density at radius 2 is 2.07 bits per heavy atom. The smallest absolute Gasteiger partial charge is 0.414 e. The average Bonchev–Trinajstić information content (AvgIpc) is 3.13. The lowest BCUT2D eigenvalue weighted by molar-refractivity contribution is -0.128. The summed E-state index contributed by atoms with van der Waals surface area (Å²) in [6.45, 7) is 7.16. The van der Waals surface area contributed by atoms with E-state index in [0.717, 1.165) is 10.5 Å². The van der Waals surface area contributed by atoms with Crippen LogP contribution in [0.25, 0.3) is 4.90 Å². The Balaban J connectivity index is 1.97. The second-order valence-corrected chi connectivity index (χ2v) is 10.2. The Morgan fingerprint density at radius 1 is 1.33 bits per heavy atom. The number of rotatable bonds is 2. The summed E-state index contributed by atoms with van der Waals surface area (Å²) >= 11 is 0. The molecule has 156 valence electrons. The van der Waals surface area contributed by atoms with E-state index in [4.69, 9.17) is 9.73 Å². The molecule has 0 saturated heterocycles. The first-order chi connectivity index (χ1) is 14.0. The van der Waals surface area contributed by atoms with E-state index in [0.29, 0.717) is 4.88 Å². The van der Waals surface area contributed by atoms with E-state index in [1.54, 1.807) is 27.8 Å². The molecule has 0 radical (unpaired) electrons. The Bertz CT molecular complexity index is 1060. The van der Waals surface area contributed by atoms with E-state index in [1.165, 1.54) is 4.90 Å². The number of aliphatic imine (C=N–C) groups is 1. The Labute approximate surface area is 179 Å². The van der Waals surface area contributed by atoms with Crippen molar-refractivity contribution in [2.75, 3.05) is 7.05 Å². The molecule has 1 N–H and O–H groups in total. The molecule has 0 fully saturated rings. The maximum Gasteiger partial charge on any atom is 0.414 e. The molecule has 2 aromatic rings. The van der Waals surface area contributed by atoms with Crippen molar-refractivity contribution in [3.63, 3.8) is 0 Å². The molecule has 1 aliphatic rings. The fourth-order valence-corrected chi connectivity index (χ4v) is 4.76. The Kier molecular flexibility index (Phi) is 5.68. The van der Waals surface area contributed by atoms with Crippen LogP contribution in [-0.2, 0) is 15.1 Å². The minimum atomic E-state index is -0.854. The molecule has 7 nitrogen and oxygen atoms in total. The highest BCUT2D eigenvalue weighted by molar-refractivity contribution is 7.38. The van der Waals surface area contributed by atoms with Crippen LogP contribution in [0.2, 0.25) is 0 Å². The Hall–Kier alpha value is -3.18. The van der Waals surface area contributed by atoms with Crippen molar-refractivity contribution in [3.05, 3.63) is 52.2 Å². The van der Waals surface area contributed by atoms with Gasteiger partial charge in [0.2, 0.25) is 11.9 Å². The topological polar surface area (TPSA) is 94.8 Å². The van der Waals surface area contributed by atoms with Crippen LogP contribution in [0.4, 0.5) is 4.79 Å². The summed E-state index contributed by atoms with van der Waals surface area (Å²) < 4.78 is 5.30. The van der Waals surface area contributed by atoms with Gasteiger partial charge in [-0.05, 0) is 45.4 Å². The van der Waals surface area contributed by atoms with Gasteiger partial charge in [0.1, 0.15) is 11.0 Å². The van der Waals surface area contributed by atoms with Gasteiger partial charge < -0.3 is 4.74 Å². The van der Waals surface area contributed by atoms with Gasteiger partial charge in [0, 0.05) is 29.7 Å². The number of amides is 2. The van der Waals surface area contributed by atoms with Crippen LogP contribution >= 0.6 is 10.5 Å². The highest BCUT2D eigenvalue weighted by Crippen LogP contribution is 2.39. The molecule has 1 aromatic heterocycles. The molecule has 0 spiro atoms. The maximum atomic E-state index is 12.7. The molecule has 0 bridgehead atoms. The molecule has 30 heavy (non-hydrogen) atoms. The highest BCUT2D eigenvalue weighted by Gasteiger charge is 2.38. The number of guanidine groups is 1. The summed E-state index contributed by atoms with van der Waals surface area (Å²) in [6, 6.07) is 13.7. The first-order valence-corrected chi connectivity index (χ1v) is 10.8. The third kappa shape index (κ3) is 4.52. The van der Waals surface area contributed by atoms with Crippen LogP contribution in [-0.4, -0.2) is 35.5 Å². The Morgan fingerprint density at radius 3 is 2.73 bits per heavy atom. The van der Waals surface area contributed by atoms with Gasteiger partial charge in [-0.3, -0.25) is 15.0 Å². The van der Waals surface area contributed by atoms with Gasteiger partial charge in [0.25, 0.3) is 4.88 Å². The van der Waals surface area contributed by atoms with Crippen LogP contribution in [0, 0.1) is 11.3 Å². The number of ether oxygens (including phenoxy) is 1. The highest BCUT2D eigenvalue weighted by atomic mass is 32.2. The molecule has 0 aliphatic carbocycles. The third-order valence-corrected chi connectivity index (χ3v) is 6.56. The molecule has 2 heterocycles. The third-order valence-electron chi connectivity index (χ3n) is 4.67. The fraction of sp³-hybridized carbons (Fsp3) is 0.364. The zero-order valence-corrected chi connectivity index (χ0v) is 18.5. The fourth-order valence-electron chi connectivity index (χ4n) is 3.16. The van der Waals surface area contributed by atoms with Gasteiger partial charge in [-0.15, -0.1) is 0 Å². The summed E-state index contributed by atoms with van der Waals surface area (Å²) in [6.07, 6.45) is -0.503. The van der Waals surface area contributed by atoms with E-state index in [2.05, 4.69) is 11.4 Å². The summed E-state index contributed by atoms with van der Waals surface area (Å²) in [5, 5.41) is 14.0. The molecule has 2 atom stereocenters. The molecule has 1 aliphatic heterocycles. The largest absolute Gasteiger partial charge is 0.444 e. The number of carbonyl (C=O) groups excluding carboxylic acids is 2. The quantitative estimate of drug-likeness (QED) is 0.728. The van der Waals surface area contributed by atoms with Crippen molar-refractivity contribution < 1.29 is 14.3 Å². The summed E-state index contributed by atoms with van der Waals surface area (Å²) in [5.41, 5.74) is -0.677. The molecular formula is C22H25N4O3S+. The van der Waals surface area contributed by atoms with E-state index in [-0.39, 0.29) is 18.3 Å². The van der Waals surface area contributed by atoms with Crippen molar-refractivity contribution >= 4 is 28.4 Å². The zero-order chi connectivity index (χ0) is 22.1. The minimum Gasteiger partial charge on any atom is -0.444 e. The number of alkyl carbamates (subject to hydrolysis) is 1. The van der Waals surface area contributed by atoms with Gasteiger partial charge >= 0.3 is 6.09 Å². The number of hydrogen-bond donors (Lipinski definition) is 1. The van der Waals surface area contributed by atoms with E-state index in [1.807, 2.05) is 48.7 Å². The minimum absolute atomic E-state index is 0.147. The van der Waals surface area contributed by atoms with Crippen LogP contribution in [0.15, 0.2) is 46.8 Å². The van der Waals surface area contributed by atoms with Crippen molar-refractivity contribution in [1.82, 2.24) is 10.2 Å². The zero-order valence-electron chi connectivity index (χ0n) is 17.7. The van der Waals surface area contributed by atoms with Crippen LogP contribution < -0.4 is 5.32 Å². The van der Waals surface area contributed by atoms with E-state index in [9.17, 15) is 14.9 Å². The summed E-state index contributed by atoms with van der Waals surface area (Å²) in [7, 11) is 1.15. The van der Waals surface area contributed by atoms with Crippen molar-refractivity contribution in [1.29, 1.82) is 5.26 Å². The van der Waals surface area contributed by atoms with Crippen LogP contribution in [0.1, 0.15) is 44.6 Å². The molecule has 2 amide bonds. The number of carbonyl (C=O) groups is 2. The number of nitriles is 1. The van der Waals surface area contributed by atoms with E-state index < -0.39 is 27.7 Å². The number of thiophene rings is 1. The monoisotopic (exact) mass is 425 g/mol. The van der Waals surface area contributed by atoms with Gasteiger partial charge in [-0.1, -0.05) is 12.1 Å². The van der Waals surface area contributed by atoms with E-state index >= 15 is 0 Å². The number of hydrogen-bond acceptors (Lipinski definition) is 5. The average molecular weight is 426 g/mol. The van der Waals surface area contributed by atoms with Gasteiger partial charge in [-0.2, -0.15) is 5.26 Å².